The second-order valence-electron chi connectivity index (χ2n) is 8.57. The van der Waals surface area contributed by atoms with Gasteiger partial charge < -0.3 is 9.47 Å². The van der Waals surface area contributed by atoms with Crippen LogP contribution in [0, 0.1) is 6.92 Å². The molecule has 2 saturated heterocycles. The fraction of sp³-hybridized carbons (Fsp3) is 0.269. The number of nitrogens with zero attached hydrogens (tertiary/aromatic N) is 3. The first kappa shape index (κ1) is 21.5. The monoisotopic (exact) mass is 459 g/mol. The molecule has 0 bridgehead atoms. The van der Waals surface area contributed by atoms with Gasteiger partial charge in [-0.1, -0.05) is 48.0 Å². The van der Waals surface area contributed by atoms with Gasteiger partial charge in [0, 0.05) is 42.3 Å². The normalized spacial score (nSPS) is 17.7. The van der Waals surface area contributed by atoms with Gasteiger partial charge in [0.2, 0.25) is 5.91 Å². The first-order chi connectivity index (χ1) is 16.0. The van der Waals surface area contributed by atoms with Gasteiger partial charge in [-0.2, -0.15) is 0 Å². The van der Waals surface area contributed by atoms with E-state index in [1.54, 1.807) is 11.0 Å². The standard InChI is InChI=1S/C26H25N3O3S/c1-18-7-6-8-19(13-18)15-28-16-20(21-9-2-3-10-22(21)28)14-23-25(31)29(26(32)33-23)17-24(30)27-11-4-5-12-27/h2-3,6-10,13-14,16H,4-5,11-12,15,17H2,1H3/b23-14+. The van der Waals surface area contributed by atoms with Crippen LogP contribution >= 0.6 is 11.8 Å². The Morgan fingerprint density at radius 3 is 2.64 bits per heavy atom. The van der Waals surface area contributed by atoms with Gasteiger partial charge in [-0.25, -0.2) is 0 Å². The summed E-state index contributed by atoms with van der Waals surface area (Å²) in [5.74, 6) is -0.557. The number of hydrogen-bond acceptors (Lipinski definition) is 4. The van der Waals surface area contributed by atoms with Crippen molar-refractivity contribution in [3.05, 3.63) is 76.3 Å². The second-order valence-corrected chi connectivity index (χ2v) is 9.57. The van der Waals surface area contributed by atoms with Crippen LogP contribution < -0.4 is 0 Å². The molecular weight excluding hydrogens is 434 g/mol. The van der Waals surface area contributed by atoms with Gasteiger partial charge in [0.05, 0.1) is 4.91 Å². The molecule has 0 saturated carbocycles. The summed E-state index contributed by atoms with van der Waals surface area (Å²) in [6.45, 7) is 4.00. The molecule has 5 rings (SSSR count). The third-order valence-electron chi connectivity index (χ3n) is 6.17. The minimum absolute atomic E-state index is 0.161. The van der Waals surface area contributed by atoms with E-state index in [9.17, 15) is 14.4 Å². The third kappa shape index (κ3) is 4.33. The highest BCUT2D eigenvalue weighted by Gasteiger charge is 2.37. The lowest BCUT2D eigenvalue weighted by molar-refractivity contribution is -0.135. The molecule has 2 fully saturated rings. The Hall–Kier alpha value is -3.32. The van der Waals surface area contributed by atoms with Crippen LogP contribution in [0.5, 0.6) is 0 Å². The quantitative estimate of drug-likeness (QED) is 0.521. The van der Waals surface area contributed by atoms with Crippen molar-refractivity contribution >= 4 is 45.8 Å². The van der Waals surface area contributed by atoms with Gasteiger partial charge >= 0.3 is 0 Å². The van der Waals surface area contributed by atoms with E-state index < -0.39 is 5.91 Å². The number of hydrogen-bond donors (Lipinski definition) is 0. The number of para-hydroxylation sites is 1. The number of amides is 3. The van der Waals surface area contributed by atoms with Crippen molar-refractivity contribution in [2.24, 2.45) is 0 Å². The highest BCUT2D eigenvalue weighted by atomic mass is 32.2. The average molecular weight is 460 g/mol. The number of rotatable bonds is 5. The number of fused-ring (bicyclic) bond motifs is 1. The molecule has 3 aromatic rings. The first-order valence-corrected chi connectivity index (χ1v) is 12.0. The van der Waals surface area contributed by atoms with Crippen molar-refractivity contribution in [2.45, 2.75) is 26.3 Å². The summed E-state index contributed by atoms with van der Waals surface area (Å²) >= 11 is 0.903. The van der Waals surface area contributed by atoms with Gasteiger partial charge in [0.15, 0.2) is 0 Å². The SMILES string of the molecule is Cc1cccc(Cn2cc(/C=C3/SC(=O)N(CC(=O)N4CCCC4)C3=O)c3ccccc32)c1. The molecule has 1 aromatic heterocycles. The van der Waals surface area contributed by atoms with E-state index in [2.05, 4.69) is 41.8 Å². The largest absolute Gasteiger partial charge is 0.342 e. The Morgan fingerprint density at radius 2 is 1.85 bits per heavy atom. The summed E-state index contributed by atoms with van der Waals surface area (Å²) in [6.07, 6.45) is 5.75. The highest BCUT2D eigenvalue weighted by molar-refractivity contribution is 8.18. The Balaban J connectivity index is 1.42. The number of thioether (sulfide) groups is 1. The Bertz CT molecular complexity index is 1290. The fourth-order valence-electron chi connectivity index (χ4n) is 4.51. The fourth-order valence-corrected chi connectivity index (χ4v) is 5.34. The molecule has 6 nitrogen and oxygen atoms in total. The minimum Gasteiger partial charge on any atom is -0.342 e. The lowest BCUT2D eigenvalue weighted by Gasteiger charge is -2.18. The molecule has 2 aliphatic heterocycles. The van der Waals surface area contributed by atoms with E-state index in [1.165, 1.54) is 11.1 Å². The van der Waals surface area contributed by atoms with Crippen molar-refractivity contribution < 1.29 is 14.4 Å². The highest BCUT2D eigenvalue weighted by Crippen LogP contribution is 2.34. The number of carbonyl (C=O) groups excluding carboxylic acids is 3. The molecule has 2 aromatic carbocycles. The van der Waals surface area contributed by atoms with E-state index in [0.29, 0.717) is 24.5 Å². The topological polar surface area (TPSA) is 62.6 Å². The summed E-state index contributed by atoms with van der Waals surface area (Å²) in [5, 5.41) is 0.632. The van der Waals surface area contributed by atoms with Crippen molar-refractivity contribution in [1.82, 2.24) is 14.4 Å². The molecule has 3 heterocycles. The average Bonchev–Trinajstić information content (AvgIpc) is 3.51. The Labute approximate surface area is 196 Å². The van der Waals surface area contributed by atoms with Crippen LogP contribution in [-0.4, -0.2) is 51.1 Å². The van der Waals surface area contributed by atoms with Gasteiger partial charge in [-0.05, 0) is 49.2 Å². The molecular formula is C26H25N3O3S. The molecule has 2 aliphatic rings. The van der Waals surface area contributed by atoms with Crippen LogP contribution in [0.25, 0.3) is 17.0 Å². The number of likely N-dealkylation sites (tertiary alicyclic amines) is 1. The molecule has 0 radical (unpaired) electrons. The summed E-state index contributed by atoms with van der Waals surface area (Å²) in [4.78, 5) is 41.1. The summed E-state index contributed by atoms with van der Waals surface area (Å²) in [6, 6.07) is 16.4. The van der Waals surface area contributed by atoms with E-state index in [4.69, 9.17) is 0 Å². The molecule has 7 heteroatoms. The Kier molecular flexibility index (Phi) is 5.81. The lowest BCUT2D eigenvalue weighted by Crippen LogP contribution is -2.40. The van der Waals surface area contributed by atoms with Crippen LogP contribution in [-0.2, 0) is 16.1 Å². The van der Waals surface area contributed by atoms with Crippen LogP contribution in [0.2, 0.25) is 0 Å². The molecule has 0 unspecified atom stereocenters. The van der Waals surface area contributed by atoms with Gasteiger partial charge in [-0.3, -0.25) is 19.3 Å². The predicted molar refractivity (Wildman–Crippen MR) is 131 cm³/mol. The zero-order valence-corrected chi connectivity index (χ0v) is 19.3. The van der Waals surface area contributed by atoms with E-state index >= 15 is 0 Å². The van der Waals surface area contributed by atoms with Crippen LogP contribution in [0.1, 0.15) is 29.5 Å². The van der Waals surface area contributed by atoms with Crippen molar-refractivity contribution in [3.63, 3.8) is 0 Å². The van der Waals surface area contributed by atoms with Crippen LogP contribution in [0.3, 0.4) is 0 Å². The summed E-state index contributed by atoms with van der Waals surface area (Å²) < 4.78 is 2.16. The molecule has 0 spiro atoms. The molecule has 3 amide bonds. The van der Waals surface area contributed by atoms with Crippen molar-refractivity contribution in [1.29, 1.82) is 0 Å². The molecule has 168 valence electrons. The number of aromatic nitrogens is 1. The zero-order valence-electron chi connectivity index (χ0n) is 18.5. The van der Waals surface area contributed by atoms with Crippen molar-refractivity contribution in [3.8, 4) is 0 Å². The maximum absolute atomic E-state index is 13.0. The maximum Gasteiger partial charge on any atom is 0.294 e. The summed E-state index contributed by atoms with van der Waals surface area (Å²) in [7, 11) is 0. The van der Waals surface area contributed by atoms with E-state index in [1.807, 2.05) is 24.4 Å². The van der Waals surface area contributed by atoms with Crippen LogP contribution in [0.15, 0.2) is 59.6 Å². The summed E-state index contributed by atoms with van der Waals surface area (Å²) in [5.41, 5.74) is 4.35. The molecule has 33 heavy (non-hydrogen) atoms. The third-order valence-corrected chi connectivity index (χ3v) is 7.07. The lowest BCUT2D eigenvalue weighted by atomic mass is 10.1. The smallest absolute Gasteiger partial charge is 0.294 e. The molecule has 0 N–H and O–H groups in total. The number of carbonyl (C=O) groups is 3. The predicted octanol–water partition coefficient (Wildman–Crippen LogP) is 4.66. The second kappa shape index (κ2) is 8.90. The van der Waals surface area contributed by atoms with E-state index in [0.717, 1.165) is 46.0 Å². The van der Waals surface area contributed by atoms with E-state index in [-0.39, 0.29) is 17.7 Å². The van der Waals surface area contributed by atoms with Gasteiger partial charge in [-0.15, -0.1) is 0 Å². The zero-order chi connectivity index (χ0) is 22.9. The molecule has 0 atom stereocenters. The van der Waals surface area contributed by atoms with Gasteiger partial charge in [0.25, 0.3) is 11.1 Å². The first-order valence-electron chi connectivity index (χ1n) is 11.2. The number of benzene rings is 2. The van der Waals surface area contributed by atoms with Crippen LogP contribution in [0.4, 0.5) is 4.79 Å². The minimum atomic E-state index is -0.395. The number of aryl methyl sites for hydroxylation is 1. The maximum atomic E-state index is 13.0. The Morgan fingerprint density at radius 1 is 1.06 bits per heavy atom. The molecule has 0 aliphatic carbocycles. The van der Waals surface area contributed by atoms with Crippen molar-refractivity contribution in [2.75, 3.05) is 19.6 Å². The number of imide groups is 1. The van der Waals surface area contributed by atoms with Gasteiger partial charge in [0.1, 0.15) is 6.54 Å².